The van der Waals surface area contributed by atoms with E-state index in [1.807, 2.05) is 0 Å². The van der Waals surface area contributed by atoms with Crippen LogP contribution in [0.1, 0.15) is 12.8 Å². The lowest BCUT2D eigenvalue weighted by molar-refractivity contribution is -0.920. The Bertz CT molecular complexity index is 449. The molecule has 0 aromatic rings. The van der Waals surface area contributed by atoms with Crippen LogP contribution in [0.25, 0.3) is 0 Å². The van der Waals surface area contributed by atoms with Gasteiger partial charge in [0.15, 0.2) is 6.54 Å². The Hall–Kier alpha value is -2.37. The van der Waals surface area contributed by atoms with Gasteiger partial charge in [-0.25, -0.2) is 10.1 Å². The minimum atomic E-state index is -1.14. The summed E-state index contributed by atoms with van der Waals surface area (Å²) in [5.74, 6) is -3.37. The maximum Gasteiger partial charge on any atom is 0.359 e. The largest absolute Gasteiger partial charge is 0.481 e. The normalized spacial score (nSPS) is 10.9. The summed E-state index contributed by atoms with van der Waals surface area (Å²) in [5, 5.41) is 37.7. The zero-order valence-corrected chi connectivity index (χ0v) is 13.8. The van der Waals surface area contributed by atoms with E-state index in [0.29, 0.717) is 0 Å². The summed E-state index contributed by atoms with van der Waals surface area (Å²) in [6, 6.07) is 0. The molecule has 0 spiro atoms. The molecule has 0 bridgehead atoms. The van der Waals surface area contributed by atoms with Crippen molar-refractivity contribution < 1.29 is 49.1 Å². The molecule has 0 saturated carbocycles. The Kier molecular flexibility index (Phi) is 10.9. The van der Waals surface area contributed by atoms with Gasteiger partial charge in [-0.1, -0.05) is 0 Å². The number of rotatable bonds is 16. The predicted octanol–water partition coefficient (Wildman–Crippen LogP) is -0.596. The summed E-state index contributed by atoms with van der Waals surface area (Å²) < 4.78 is 5.13. The van der Waals surface area contributed by atoms with Gasteiger partial charge in [0.25, 0.3) is 0 Å². The van der Waals surface area contributed by atoms with Crippen LogP contribution in [-0.4, -0.2) is 88.9 Å². The topological polar surface area (TPSA) is 163 Å². The van der Waals surface area contributed by atoms with E-state index in [1.54, 1.807) is 0 Å². The van der Waals surface area contributed by atoms with Gasteiger partial charge in [-0.2, -0.15) is 0 Å². The first-order valence-electron chi connectivity index (χ1n) is 7.53. The van der Waals surface area contributed by atoms with Gasteiger partial charge < -0.3 is 34.7 Å². The average Bonchev–Trinajstić information content (AvgIpc) is 2.53. The van der Waals surface area contributed by atoms with Gasteiger partial charge in [0, 0.05) is 6.54 Å². The van der Waals surface area contributed by atoms with Gasteiger partial charge in [-0.15, -0.1) is 0 Å². The van der Waals surface area contributed by atoms with Crippen molar-refractivity contribution in [3.8, 4) is 0 Å². The Morgan fingerprint density at radius 3 is 1.92 bits per heavy atom. The van der Waals surface area contributed by atoms with E-state index in [2.05, 4.69) is 16.8 Å². The van der Waals surface area contributed by atoms with E-state index in [1.165, 1.54) is 0 Å². The quantitative estimate of drug-likeness (QED) is 0.0785. The lowest BCUT2D eigenvalue weighted by Gasteiger charge is -2.36. The second-order valence-electron chi connectivity index (χ2n) is 5.41. The summed E-state index contributed by atoms with van der Waals surface area (Å²) in [7, 11) is 0. The van der Waals surface area contributed by atoms with E-state index in [9.17, 15) is 14.4 Å². The number of hydrogen-bond donors (Lipinski definition) is 5. The van der Waals surface area contributed by atoms with E-state index >= 15 is 0 Å². The van der Waals surface area contributed by atoms with Gasteiger partial charge in [-0.05, 0) is 6.58 Å². The number of carbonyl (C=O) groups is 3. The van der Waals surface area contributed by atoms with Crippen molar-refractivity contribution in [3.63, 3.8) is 0 Å². The Balaban J connectivity index is 4.65. The molecular weight excluding hydrogens is 340 g/mol. The fraction of sp³-hybridized carbons (Fsp3) is 0.643. The van der Waals surface area contributed by atoms with Crippen molar-refractivity contribution in [2.24, 2.45) is 0 Å². The fourth-order valence-corrected chi connectivity index (χ4v) is 2.18. The van der Waals surface area contributed by atoms with Crippen LogP contribution in [-0.2, 0) is 24.0 Å². The first kappa shape index (κ1) is 22.6. The highest BCUT2D eigenvalue weighted by atomic mass is 17.1. The number of hydrogen-bond acceptors (Lipinski definition) is 7. The third kappa shape index (κ3) is 11.8. The highest BCUT2D eigenvalue weighted by Crippen LogP contribution is 2.11. The maximum atomic E-state index is 11.1. The zero-order valence-electron chi connectivity index (χ0n) is 13.8. The Morgan fingerprint density at radius 1 is 0.920 bits per heavy atom. The monoisotopic (exact) mass is 365 g/mol. The molecule has 11 heteroatoms. The fourth-order valence-electron chi connectivity index (χ4n) is 2.18. The van der Waals surface area contributed by atoms with Crippen LogP contribution in [0.5, 0.6) is 0 Å². The lowest BCUT2D eigenvalue weighted by Crippen LogP contribution is -2.55. The molecule has 0 aliphatic carbocycles. The molecule has 25 heavy (non-hydrogen) atoms. The first-order chi connectivity index (χ1) is 11.7. The second kappa shape index (κ2) is 12.1. The van der Waals surface area contributed by atoms with E-state index in [4.69, 9.17) is 25.3 Å². The SMILES string of the molecule is C=C(NCCOCC[N+](CCC(=O)O)(CCC(=O)O)CC(=O)O)OO. The molecule has 0 aromatic carbocycles. The summed E-state index contributed by atoms with van der Waals surface area (Å²) in [6.07, 6.45) is -0.551. The van der Waals surface area contributed by atoms with Crippen molar-refractivity contribution in [2.45, 2.75) is 12.8 Å². The molecule has 0 rings (SSSR count). The molecule has 0 radical (unpaired) electrons. The summed E-state index contributed by atoms with van der Waals surface area (Å²) in [5.41, 5.74) is 0. The average molecular weight is 365 g/mol. The molecule has 0 aliphatic heterocycles. The van der Waals surface area contributed by atoms with Gasteiger partial charge in [0.05, 0.1) is 39.1 Å². The highest BCUT2D eigenvalue weighted by Gasteiger charge is 2.31. The molecule has 5 N–H and O–H groups in total. The summed E-state index contributed by atoms with van der Waals surface area (Å²) in [4.78, 5) is 36.6. The zero-order chi connectivity index (χ0) is 19.3. The molecule has 0 unspecified atom stereocenters. The smallest absolute Gasteiger partial charge is 0.359 e. The van der Waals surface area contributed by atoms with Crippen LogP contribution in [0.3, 0.4) is 0 Å². The van der Waals surface area contributed by atoms with Crippen molar-refractivity contribution in [1.29, 1.82) is 0 Å². The predicted molar refractivity (Wildman–Crippen MR) is 83.5 cm³/mol. The Morgan fingerprint density at radius 2 is 1.48 bits per heavy atom. The lowest BCUT2D eigenvalue weighted by atomic mass is 10.2. The third-order valence-electron chi connectivity index (χ3n) is 3.46. The number of nitrogens with one attached hydrogen (secondary N) is 1. The van der Waals surface area contributed by atoms with Crippen molar-refractivity contribution in [1.82, 2.24) is 5.32 Å². The van der Waals surface area contributed by atoms with Crippen LogP contribution >= 0.6 is 0 Å². The number of ether oxygens (including phenoxy) is 1. The van der Waals surface area contributed by atoms with E-state index < -0.39 is 24.5 Å². The number of aliphatic carboxylic acids is 3. The Labute approximate surface area is 144 Å². The van der Waals surface area contributed by atoms with Gasteiger partial charge in [0.2, 0.25) is 5.88 Å². The number of quaternary nitrogens is 1. The minimum absolute atomic E-state index is 0.00825. The molecule has 0 aromatic heterocycles. The van der Waals surface area contributed by atoms with E-state index in [-0.39, 0.29) is 62.6 Å². The summed E-state index contributed by atoms with van der Waals surface area (Å²) in [6.45, 7) is 3.67. The van der Waals surface area contributed by atoms with Crippen LogP contribution in [0.15, 0.2) is 12.5 Å². The van der Waals surface area contributed by atoms with Crippen LogP contribution in [0, 0.1) is 0 Å². The van der Waals surface area contributed by atoms with Crippen molar-refractivity contribution in [2.75, 3.05) is 45.9 Å². The van der Waals surface area contributed by atoms with E-state index in [0.717, 1.165) is 0 Å². The van der Waals surface area contributed by atoms with Gasteiger partial charge >= 0.3 is 17.9 Å². The van der Waals surface area contributed by atoms with Crippen LogP contribution < -0.4 is 5.32 Å². The molecule has 11 nitrogen and oxygen atoms in total. The standard InChI is InChI=1S/C14H24N2O9/c1-11(25-23)15-4-8-24-9-7-16(10-14(21)22,5-2-12(17)18)6-3-13(19)20/h15H,1-10H2,(H3-,17,18,19,20,21,22,23)/p+1. The third-order valence-corrected chi connectivity index (χ3v) is 3.46. The van der Waals surface area contributed by atoms with Crippen LogP contribution in [0.4, 0.5) is 0 Å². The molecular formula is C14H25N2O9+. The maximum absolute atomic E-state index is 11.1. The molecule has 144 valence electrons. The first-order valence-corrected chi connectivity index (χ1v) is 7.53. The number of carboxylic acid groups (broad SMARTS) is 3. The van der Waals surface area contributed by atoms with Gasteiger partial charge in [-0.3, -0.25) is 9.59 Å². The summed E-state index contributed by atoms with van der Waals surface area (Å²) >= 11 is 0. The number of nitrogens with zero attached hydrogens (tertiary/aromatic N) is 1. The molecule has 0 amide bonds. The van der Waals surface area contributed by atoms with Crippen molar-refractivity contribution in [3.05, 3.63) is 12.5 Å². The molecule has 0 fully saturated rings. The molecule has 0 heterocycles. The second-order valence-corrected chi connectivity index (χ2v) is 5.41. The van der Waals surface area contributed by atoms with Gasteiger partial charge in [0.1, 0.15) is 6.54 Å². The minimum Gasteiger partial charge on any atom is -0.481 e. The molecule has 0 aliphatic rings. The highest BCUT2D eigenvalue weighted by molar-refractivity contribution is 5.69. The van der Waals surface area contributed by atoms with Crippen molar-refractivity contribution >= 4 is 17.9 Å². The number of carboxylic acids is 3. The van der Waals surface area contributed by atoms with Crippen LogP contribution in [0.2, 0.25) is 0 Å². The molecule has 0 atom stereocenters. The molecule has 0 saturated heterocycles.